The van der Waals surface area contributed by atoms with Gasteiger partial charge in [-0.3, -0.25) is 9.36 Å². The number of rotatable bonds is 2. The molecule has 0 bridgehead atoms. The number of hydrogen-bond acceptors (Lipinski definition) is 4. The van der Waals surface area contributed by atoms with Crippen molar-refractivity contribution in [3.05, 3.63) is 84.8 Å². The Kier molecular flexibility index (Phi) is 5.40. The van der Waals surface area contributed by atoms with Crippen LogP contribution in [0.5, 0.6) is 0 Å². The van der Waals surface area contributed by atoms with E-state index in [-0.39, 0.29) is 14.8 Å². The van der Waals surface area contributed by atoms with Gasteiger partial charge in [-0.05, 0) is 42.8 Å². The Bertz CT molecular complexity index is 1300. The van der Waals surface area contributed by atoms with Crippen molar-refractivity contribution in [2.24, 2.45) is 0 Å². The average Bonchev–Trinajstić information content (AvgIpc) is 2.99. The van der Waals surface area contributed by atoms with Gasteiger partial charge in [-0.15, -0.1) is 11.3 Å². The molecule has 0 atom stereocenters. The first-order chi connectivity index (χ1) is 13.7. The minimum atomic E-state index is -4.45. The SMILES string of the molecule is Cc1ccc(-n2c(=C(C#N)C#N)s/c(=C/c3ccc(C(F)(F)F)cc3)c2=O)cc1. The predicted molar refractivity (Wildman–Crippen MR) is 104 cm³/mol. The summed E-state index contributed by atoms with van der Waals surface area (Å²) < 4.78 is 39.8. The van der Waals surface area contributed by atoms with Gasteiger partial charge in [0.05, 0.1) is 15.8 Å². The van der Waals surface area contributed by atoms with Crippen molar-refractivity contribution >= 4 is 23.0 Å². The Morgan fingerprint density at radius 1 is 1.03 bits per heavy atom. The van der Waals surface area contributed by atoms with E-state index in [2.05, 4.69) is 0 Å². The quantitative estimate of drug-likeness (QED) is 0.650. The van der Waals surface area contributed by atoms with Gasteiger partial charge in [-0.1, -0.05) is 29.8 Å². The Hall–Kier alpha value is -3.62. The monoisotopic (exact) mass is 411 g/mol. The fraction of sp³-hybridized carbons (Fsp3) is 0.0952. The second-order valence-electron chi connectivity index (χ2n) is 6.11. The van der Waals surface area contributed by atoms with Gasteiger partial charge < -0.3 is 0 Å². The highest BCUT2D eigenvalue weighted by atomic mass is 32.1. The molecule has 0 aliphatic carbocycles. The molecule has 0 saturated carbocycles. The van der Waals surface area contributed by atoms with Crippen molar-refractivity contribution in [3.8, 4) is 17.8 Å². The van der Waals surface area contributed by atoms with Gasteiger partial charge in [0.25, 0.3) is 5.56 Å². The molecule has 29 heavy (non-hydrogen) atoms. The highest BCUT2D eigenvalue weighted by molar-refractivity contribution is 7.07. The summed E-state index contributed by atoms with van der Waals surface area (Å²) in [5.41, 5.74) is 0.385. The third kappa shape index (κ3) is 4.13. The van der Waals surface area contributed by atoms with Gasteiger partial charge in [0, 0.05) is 0 Å². The van der Waals surface area contributed by atoms with Crippen LogP contribution in [0, 0.1) is 29.6 Å². The molecule has 0 radical (unpaired) electrons. The highest BCUT2D eigenvalue weighted by Gasteiger charge is 2.29. The maximum absolute atomic E-state index is 13.0. The number of hydrogen-bond donors (Lipinski definition) is 0. The summed E-state index contributed by atoms with van der Waals surface area (Å²) in [6, 6.07) is 14.9. The maximum Gasteiger partial charge on any atom is 0.416 e. The van der Waals surface area contributed by atoms with E-state index in [4.69, 9.17) is 0 Å². The fourth-order valence-corrected chi connectivity index (χ4v) is 3.67. The molecule has 0 amide bonds. The summed E-state index contributed by atoms with van der Waals surface area (Å²) in [7, 11) is 0. The van der Waals surface area contributed by atoms with E-state index in [1.54, 1.807) is 36.4 Å². The summed E-state index contributed by atoms with van der Waals surface area (Å²) in [4.78, 5) is 13.0. The van der Waals surface area contributed by atoms with Gasteiger partial charge in [-0.25, -0.2) is 0 Å². The standard InChI is InChI=1S/C21H12F3N3OS/c1-13-2-8-17(9-3-13)27-19(28)18(29-20(27)15(11-25)12-26)10-14-4-6-16(7-5-14)21(22,23)24/h2-10H,1H3/b18-10+. The predicted octanol–water partition coefficient (Wildman–Crippen LogP) is 3.25. The maximum atomic E-state index is 13.0. The van der Waals surface area contributed by atoms with Crippen LogP contribution in [-0.4, -0.2) is 4.57 Å². The highest BCUT2D eigenvalue weighted by Crippen LogP contribution is 2.29. The van der Waals surface area contributed by atoms with Crippen molar-refractivity contribution in [1.82, 2.24) is 4.57 Å². The van der Waals surface area contributed by atoms with Crippen LogP contribution in [0.2, 0.25) is 0 Å². The second-order valence-corrected chi connectivity index (χ2v) is 7.14. The van der Waals surface area contributed by atoms with Crippen molar-refractivity contribution in [2.75, 3.05) is 0 Å². The zero-order chi connectivity index (χ0) is 21.2. The number of aryl methyl sites for hydroxylation is 1. The van der Waals surface area contributed by atoms with Gasteiger partial charge in [0.15, 0.2) is 5.57 Å². The largest absolute Gasteiger partial charge is 0.416 e. The Balaban J connectivity index is 2.26. The molecule has 3 aromatic rings. The average molecular weight is 411 g/mol. The smallest absolute Gasteiger partial charge is 0.267 e. The van der Waals surface area contributed by atoms with Gasteiger partial charge in [0.1, 0.15) is 16.8 Å². The van der Waals surface area contributed by atoms with Crippen LogP contribution in [0.15, 0.2) is 53.3 Å². The molecule has 4 nitrogen and oxygen atoms in total. The molecule has 8 heteroatoms. The number of aromatic nitrogens is 1. The second kappa shape index (κ2) is 7.78. The Morgan fingerprint density at radius 3 is 2.14 bits per heavy atom. The van der Waals surface area contributed by atoms with E-state index in [0.717, 1.165) is 29.0 Å². The molecule has 0 fully saturated rings. The molecule has 0 spiro atoms. The first kappa shape index (κ1) is 20.1. The lowest BCUT2D eigenvalue weighted by molar-refractivity contribution is -0.137. The van der Waals surface area contributed by atoms with E-state index in [9.17, 15) is 28.5 Å². The summed E-state index contributed by atoms with van der Waals surface area (Å²) in [6.07, 6.45) is -3.01. The molecule has 0 aliphatic rings. The third-order valence-electron chi connectivity index (χ3n) is 4.09. The third-order valence-corrected chi connectivity index (χ3v) is 5.18. The van der Waals surface area contributed by atoms with Crippen molar-refractivity contribution in [1.29, 1.82) is 10.5 Å². The Labute approximate surface area is 167 Å². The lowest BCUT2D eigenvalue weighted by Crippen LogP contribution is -2.30. The Morgan fingerprint density at radius 2 is 1.62 bits per heavy atom. The fourth-order valence-electron chi connectivity index (χ4n) is 2.62. The topological polar surface area (TPSA) is 69.6 Å². The zero-order valence-electron chi connectivity index (χ0n) is 15.0. The number of benzene rings is 2. The van der Waals surface area contributed by atoms with Crippen LogP contribution in [0.1, 0.15) is 16.7 Å². The lowest BCUT2D eigenvalue weighted by atomic mass is 10.1. The molecule has 0 unspecified atom stereocenters. The first-order valence-electron chi connectivity index (χ1n) is 8.27. The molecular weight excluding hydrogens is 399 g/mol. The first-order valence-corrected chi connectivity index (χ1v) is 9.08. The van der Waals surface area contributed by atoms with Crippen LogP contribution in [0.3, 0.4) is 0 Å². The molecule has 2 aromatic carbocycles. The van der Waals surface area contributed by atoms with E-state index in [1.807, 2.05) is 6.92 Å². The molecular formula is C21H12F3N3OS. The molecule has 144 valence electrons. The van der Waals surface area contributed by atoms with Crippen molar-refractivity contribution < 1.29 is 13.2 Å². The van der Waals surface area contributed by atoms with Crippen molar-refractivity contribution in [3.63, 3.8) is 0 Å². The summed E-state index contributed by atoms with van der Waals surface area (Å²) >= 11 is 0.938. The number of alkyl halides is 3. The number of halogens is 3. The van der Waals surface area contributed by atoms with E-state index in [1.165, 1.54) is 22.8 Å². The number of nitrogens with zero attached hydrogens (tertiary/aromatic N) is 3. The van der Waals surface area contributed by atoms with Crippen LogP contribution >= 0.6 is 11.3 Å². The molecule has 1 heterocycles. The van der Waals surface area contributed by atoms with E-state index >= 15 is 0 Å². The van der Waals surface area contributed by atoms with Crippen LogP contribution in [0.25, 0.3) is 17.3 Å². The lowest BCUT2D eigenvalue weighted by Gasteiger charge is -2.05. The molecule has 0 aliphatic heterocycles. The van der Waals surface area contributed by atoms with E-state index in [0.29, 0.717) is 11.3 Å². The number of nitriles is 2. The molecule has 0 N–H and O–H groups in total. The van der Waals surface area contributed by atoms with Crippen LogP contribution in [-0.2, 0) is 6.18 Å². The van der Waals surface area contributed by atoms with Gasteiger partial charge >= 0.3 is 6.18 Å². The summed E-state index contributed by atoms with van der Waals surface area (Å²) in [5, 5.41) is 18.5. The number of thiazole rings is 1. The molecule has 1 aromatic heterocycles. The normalized spacial score (nSPS) is 11.7. The minimum Gasteiger partial charge on any atom is -0.267 e. The summed E-state index contributed by atoms with van der Waals surface area (Å²) in [6.45, 7) is 1.88. The van der Waals surface area contributed by atoms with Gasteiger partial charge in [-0.2, -0.15) is 23.7 Å². The molecule has 3 rings (SSSR count). The molecule has 0 saturated heterocycles. The van der Waals surface area contributed by atoms with Crippen LogP contribution < -0.4 is 14.8 Å². The van der Waals surface area contributed by atoms with E-state index < -0.39 is 17.3 Å². The summed E-state index contributed by atoms with van der Waals surface area (Å²) in [5.74, 6) is 0. The zero-order valence-corrected chi connectivity index (χ0v) is 15.8. The van der Waals surface area contributed by atoms with Crippen LogP contribution in [0.4, 0.5) is 13.2 Å². The minimum absolute atomic E-state index is 0.169. The van der Waals surface area contributed by atoms with Crippen molar-refractivity contribution in [2.45, 2.75) is 13.1 Å². The van der Waals surface area contributed by atoms with Gasteiger partial charge in [0.2, 0.25) is 0 Å².